The van der Waals surface area contributed by atoms with E-state index in [2.05, 4.69) is 46.5 Å². The van der Waals surface area contributed by atoms with Gasteiger partial charge in [-0.15, -0.1) is 11.8 Å². The lowest BCUT2D eigenvalue weighted by Gasteiger charge is -2.56. The number of anilines is 1. The van der Waals surface area contributed by atoms with E-state index in [1.165, 1.54) is 28.0 Å². The number of thioether (sulfide) groups is 1. The fraction of sp³-hybridized carbons (Fsp3) is 0.333. The van der Waals surface area contributed by atoms with E-state index >= 15 is 0 Å². The van der Waals surface area contributed by atoms with E-state index in [1.54, 1.807) is 18.9 Å². The van der Waals surface area contributed by atoms with Gasteiger partial charge in [0.15, 0.2) is 0 Å². The van der Waals surface area contributed by atoms with Gasteiger partial charge in [0.2, 0.25) is 0 Å². The average Bonchev–Trinajstić information content (AvgIpc) is 3.03. The standard InChI is InChI=1S/C21H22N2O2S/c1-24-19-5-3-4-14-10-17(22-20(14)19)16-11-15(26-2)6-7-18(16)23-12-21(13-23)8-9-25-21/h3-7,10-11,22H,8-9,12-13H2,1-2H3. The molecule has 2 saturated heterocycles. The van der Waals surface area contributed by atoms with Gasteiger partial charge in [-0.2, -0.15) is 0 Å². The predicted molar refractivity (Wildman–Crippen MR) is 108 cm³/mol. The quantitative estimate of drug-likeness (QED) is 0.688. The fourth-order valence-corrected chi connectivity index (χ4v) is 4.48. The van der Waals surface area contributed by atoms with Crippen LogP contribution in [0.4, 0.5) is 5.69 Å². The number of ether oxygens (including phenoxy) is 2. The molecule has 2 aromatic carbocycles. The summed E-state index contributed by atoms with van der Waals surface area (Å²) in [6.45, 7) is 2.89. The van der Waals surface area contributed by atoms with Crippen LogP contribution in [0, 0.1) is 0 Å². The third-order valence-electron chi connectivity index (χ3n) is 5.60. The lowest BCUT2D eigenvalue weighted by Crippen LogP contribution is -2.68. The van der Waals surface area contributed by atoms with Crippen LogP contribution in [0.25, 0.3) is 22.2 Å². The summed E-state index contributed by atoms with van der Waals surface area (Å²) in [6, 6.07) is 15.1. The molecule has 0 aliphatic carbocycles. The highest BCUT2D eigenvalue weighted by Crippen LogP contribution is 2.43. The molecule has 0 saturated carbocycles. The second-order valence-electron chi connectivity index (χ2n) is 7.13. The molecule has 1 N–H and O–H groups in total. The first-order valence-electron chi connectivity index (χ1n) is 8.94. The van der Waals surface area contributed by atoms with Crippen LogP contribution in [0.3, 0.4) is 0 Å². The Bertz CT molecular complexity index is 969. The Labute approximate surface area is 157 Å². The Kier molecular flexibility index (Phi) is 3.69. The van der Waals surface area contributed by atoms with E-state index in [0.717, 1.165) is 36.7 Å². The lowest BCUT2D eigenvalue weighted by molar-refractivity contribution is -0.160. The zero-order valence-electron chi connectivity index (χ0n) is 15.0. The Balaban J connectivity index is 1.59. The van der Waals surface area contributed by atoms with Crippen molar-refractivity contribution in [3.05, 3.63) is 42.5 Å². The zero-order chi connectivity index (χ0) is 17.7. The summed E-state index contributed by atoms with van der Waals surface area (Å²) in [5.41, 5.74) is 4.82. The van der Waals surface area contributed by atoms with Gasteiger partial charge >= 0.3 is 0 Å². The van der Waals surface area contributed by atoms with E-state index in [1.807, 2.05) is 12.1 Å². The molecule has 0 bridgehead atoms. The van der Waals surface area contributed by atoms with Crippen molar-refractivity contribution in [1.82, 2.24) is 4.98 Å². The van der Waals surface area contributed by atoms with E-state index in [9.17, 15) is 0 Å². The average molecular weight is 366 g/mol. The number of methoxy groups -OCH3 is 1. The maximum atomic E-state index is 5.80. The summed E-state index contributed by atoms with van der Waals surface area (Å²) in [5.74, 6) is 0.877. The Morgan fingerprint density at radius 1 is 1.19 bits per heavy atom. The third kappa shape index (κ3) is 2.42. The van der Waals surface area contributed by atoms with Gasteiger partial charge in [-0.3, -0.25) is 0 Å². The summed E-state index contributed by atoms with van der Waals surface area (Å²) in [4.78, 5) is 7.28. The van der Waals surface area contributed by atoms with Crippen molar-refractivity contribution in [3.8, 4) is 17.0 Å². The largest absolute Gasteiger partial charge is 0.495 e. The molecule has 0 amide bonds. The zero-order valence-corrected chi connectivity index (χ0v) is 15.9. The van der Waals surface area contributed by atoms with Crippen LogP contribution in [0.15, 0.2) is 47.4 Å². The molecule has 0 radical (unpaired) electrons. The van der Waals surface area contributed by atoms with Crippen LogP contribution < -0.4 is 9.64 Å². The van der Waals surface area contributed by atoms with Gasteiger partial charge in [-0.05, 0) is 36.6 Å². The van der Waals surface area contributed by atoms with E-state index in [-0.39, 0.29) is 5.60 Å². The number of benzene rings is 2. The van der Waals surface area contributed by atoms with E-state index in [0.29, 0.717) is 0 Å². The third-order valence-corrected chi connectivity index (χ3v) is 6.32. The van der Waals surface area contributed by atoms with Gasteiger partial charge < -0.3 is 19.4 Å². The second-order valence-corrected chi connectivity index (χ2v) is 8.01. The molecular formula is C21H22N2O2S. The van der Waals surface area contributed by atoms with Crippen LogP contribution in [0.2, 0.25) is 0 Å². The number of fused-ring (bicyclic) bond motifs is 1. The Hall–Kier alpha value is -2.11. The van der Waals surface area contributed by atoms with Crippen molar-refractivity contribution in [2.24, 2.45) is 0 Å². The maximum absolute atomic E-state index is 5.80. The lowest BCUT2D eigenvalue weighted by atomic mass is 9.85. The highest BCUT2D eigenvalue weighted by molar-refractivity contribution is 7.98. The maximum Gasteiger partial charge on any atom is 0.142 e. The van der Waals surface area contributed by atoms with E-state index < -0.39 is 0 Å². The highest BCUT2D eigenvalue weighted by atomic mass is 32.2. The molecule has 2 aliphatic rings. The molecular weight excluding hydrogens is 344 g/mol. The van der Waals surface area contributed by atoms with Gasteiger partial charge in [-0.25, -0.2) is 0 Å². The SMILES string of the molecule is COc1cccc2cc(-c3cc(SC)ccc3N3CC4(CCO4)C3)[nH]c12. The number of H-pyrrole nitrogens is 1. The first-order chi connectivity index (χ1) is 12.7. The molecule has 26 heavy (non-hydrogen) atoms. The molecule has 3 aromatic rings. The summed E-state index contributed by atoms with van der Waals surface area (Å²) < 4.78 is 11.3. The molecule has 2 aliphatic heterocycles. The van der Waals surface area contributed by atoms with Crippen LogP contribution >= 0.6 is 11.8 Å². The van der Waals surface area contributed by atoms with Crippen molar-refractivity contribution in [1.29, 1.82) is 0 Å². The van der Waals surface area contributed by atoms with Gasteiger partial charge in [0.05, 0.1) is 19.2 Å². The van der Waals surface area contributed by atoms with Crippen molar-refractivity contribution in [2.45, 2.75) is 16.9 Å². The van der Waals surface area contributed by atoms with Crippen LogP contribution in [-0.4, -0.2) is 43.6 Å². The highest BCUT2D eigenvalue weighted by Gasteiger charge is 2.49. The second kappa shape index (κ2) is 5.96. The molecule has 1 aromatic heterocycles. The van der Waals surface area contributed by atoms with Crippen molar-refractivity contribution in [3.63, 3.8) is 0 Å². The minimum absolute atomic E-state index is 0.124. The molecule has 134 valence electrons. The number of hydrogen-bond acceptors (Lipinski definition) is 4. The fourth-order valence-electron chi connectivity index (χ4n) is 4.04. The predicted octanol–water partition coefficient (Wildman–Crippen LogP) is 4.54. The summed E-state index contributed by atoms with van der Waals surface area (Å²) in [6.07, 6.45) is 3.30. The number of hydrogen-bond donors (Lipinski definition) is 1. The van der Waals surface area contributed by atoms with Gasteiger partial charge in [0, 0.05) is 46.7 Å². The molecule has 0 atom stereocenters. The summed E-state index contributed by atoms with van der Waals surface area (Å²) >= 11 is 1.77. The van der Waals surface area contributed by atoms with Crippen LogP contribution in [-0.2, 0) is 4.74 Å². The molecule has 5 rings (SSSR count). The normalized spacial score (nSPS) is 18.0. The number of nitrogens with one attached hydrogen (secondary N) is 1. The first kappa shape index (κ1) is 16.1. The van der Waals surface area contributed by atoms with Crippen LogP contribution in [0.1, 0.15) is 6.42 Å². The molecule has 2 fully saturated rings. The van der Waals surface area contributed by atoms with Crippen molar-refractivity contribution in [2.75, 3.05) is 38.0 Å². The monoisotopic (exact) mass is 366 g/mol. The van der Waals surface area contributed by atoms with Crippen molar-refractivity contribution >= 4 is 28.4 Å². The topological polar surface area (TPSA) is 37.5 Å². The van der Waals surface area contributed by atoms with Gasteiger partial charge in [0.25, 0.3) is 0 Å². The van der Waals surface area contributed by atoms with Crippen LogP contribution in [0.5, 0.6) is 5.75 Å². The van der Waals surface area contributed by atoms with E-state index in [4.69, 9.17) is 9.47 Å². The summed E-state index contributed by atoms with van der Waals surface area (Å²) in [5, 5.41) is 1.17. The van der Waals surface area contributed by atoms with Gasteiger partial charge in [0.1, 0.15) is 11.4 Å². The summed E-state index contributed by atoms with van der Waals surface area (Å²) in [7, 11) is 1.72. The number of aromatic nitrogens is 1. The Morgan fingerprint density at radius 2 is 2.04 bits per heavy atom. The molecule has 5 heteroatoms. The molecule has 0 unspecified atom stereocenters. The Morgan fingerprint density at radius 3 is 2.73 bits per heavy atom. The molecule has 1 spiro atoms. The molecule has 3 heterocycles. The number of aromatic amines is 1. The number of para-hydroxylation sites is 1. The first-order valence-corrected chi connectivity index (χ1v) is 10.2. The van der Waals surface area contributed by atoms with Gasteiger partial charge in [-0.1, -0.05) is 12.1 Å². The molecule has 4 nitrogen and oxygen atoms in total. The minimum Gasteiger partial charge on any atom is -0.495 e. The smallest absolute Gasteiger partial charge is 0.142 e. The number of rotatable bonds is 4. The number of nitrogens with zero attached hydrogens (tertiary/aromatic N) is 1. The minimum atomic E-state index is 0.124. The van der Waals surface area contributed by atoms with Crippen molar-refractivity contribution < 1.29 is 9.47 Å².